The van der Waals surface area contributed by atoms with Gasteiger partial charge in [0.25, 0.3) is 0 Å². The van der Waals surface area contributed by atoms with Crippen molar-refractivity contribution >= 4 is 35.2 Å². The number of hydrogen-bond donors (Lipinski definition) is 3. The fourth-order valence-electron chi connectivity index (χ4n) is 2.06. The fraction of sp³-hybridized carbons (Fsp3) is 0.471. The number of carboxylic acids is 1. The van der Waals surface area contributed by atoms with Crippen molar-refractivity contribution in [3.63, 3.8) is 0 Å². The molecule has 0 aliphatic rings. The maximum atomic E-state index is 12.2. The maximum Gasteiger partial charge on any atom is 0.326 e. The number of rotatable bonds is 8. The van der Waals surface area contributed by atoms with E-state index in [4.69, 9.17) is 0 Å². The Morgan fingerprint density at radius 2 is 1.71 bits per heavy atom. The van der Waals surface area contributed by atoms with E-state index < -0.39 is 17.3 Å². The summed E-state index contributed by atoms with van der Waals surface area (Å²) in [6.07, 6.45) is 0.393. The first kappa shape index (κ1) is 20.0. The molecule has 0 radical (unpaired) electrons. The summed E-state index contributed by atoms with van der Waals surface area (Å²) in [5.74, 6) is -1.29. The molecule has 6 nitrogen and oxygen atoms in total. The lowest BCUT2D eigenvalue weighted by molar-refractivity contribution is -0.142. The van der Waals surface area contributed by atoms with Crippen molar-refractivity contribution in [3.05, 3.63) is 24.3 Å². The third-order valence-corrected chi connectivity index (χ3v) is 4.29. The van der Waals surface area contributed by atoms with Crippen LogP contribution in [0.15, 0.2) is 29.2 Å². The first-order valence-electron chi connectivity index (χ1n) is 7.76. The van der Waals surface area contributed by atoms with Crippen molar-refractivity contribution in [1.29, 1.82) is 0 Å². The van der Waals surface area contributed by atoms with Gasteiger partial charge in [-0.25, -0.2) is 4.79 Å². The van der Waals surface area contributed by atoms with E-state index >= 15 is 0 Å². The van der Waals surface area contributed by atoms with E-state index in [-0.39, 0.29) is 17.7 Å². The normalized spacial score (nSPS) is 13.2. The maximum absolute atomic E-state index is 12.2. The Hall–Kier alpha value is -2.02. The van der Waals surface area contributed by atoms with Crippen molar-refractivity contribution in [3.8, 4) is 0 Å². The second-order valence-corrected chi connectivity index (χ2v) is 7.41. The van der Waals surface area contributed by atoms with Crippen molar-refractivity contribution in [1.82, 2.24) is 5.32 Å². The third-order valence-electron chi connectivity index (χ3n) is 3.18. The number of thioether (sulfide) groups is 1. The van der Waals surface area contributed by atoms with Gasteiger partial charge in [0, 0.05) is 17.5 Å². The lowest BCUT2D eigenvalue weighted by atomic mass is 10.0. The highest BCUT2D eigenvalue weighted by Crippen LogP contribution is 2.25. The lowest BCUT2D eigenvalue weighted by Crippen LogP contribution is -2.44. The Bertz CT molecular complexity index is 587. The van der Waals surface area contributed by atoms with Crippen LogP contribution in [0.25, 0.3) is 0 Å². The summed E-state index contributed by atoms with van der Waals surface area (Å²) in [5, 5.41) is 14.0. The molecular weight excluding hydrogens is 328 g/mol. The second kappa shape index (κ2) is 9.32. The van der Waals surface area contributed by atoms with E-state index in [1.807, 2.05) is 26.0 Å². The summed E-state index contributed by atoms with van der Waals surface area (Å²) in [6.45, 7) is 6.99. The van der Waals surface area contributed by atoms with Gasteiger partial charge in [0.2, 0.25) is 11.8 Å². The molecular formula is C17H24N2O4S. The van der Waals surface area contributed by atoms with Crippen LogP contribution < -0.4 is 10.6 Å². The first-order chi connectivity index (χ1) is 11.2. The van der Waals surface area contributed by atoms with Crippen LogP contribution in [0.1, 0.15) is 34.1 Å². The van der Waals surface area contributed by atoms with Gasteiger partial charge in [-0.05, 0) is 43.5 Å². The van der Waals surface area contributed by atoms with E-state index in [0.717, 1.165) is 4.90 Å². The number of nitrogens with one attached hydrogen (secondary N) is 2. The average Bonchev–Trinajstić information content (AvgIpc) is 2.47. The van der Waals surface area contributed by atoms with Gasteiger partial charge in [0.15, 0.2) is 0 Å². The summed E-state index contributed by atoms with van der Waals surface area (Å²) >= 11 is 1.33. The molecule has 0 aromatic heterocycles. The highest BCUT2D eigenvalue weighted by molar-refractivity contribution is 8.00. The SMILES string of the molecule is CC(=O)Nc1ccc(SC(C)C(=O)N[C@H](CC(C)C)C(=O)O)cc1. The van der Waals surface area contributed by atoms with E-state index in [2.05, 4.69) is 10.6 Å². The molecule has 0 bridgehead atoms. The summed E-state index contributed by atoms with van der Waals surface area (Å²) < 4.78 is 0. The molecule has 24 heavy (non-hydrogen) atoms. The smallest absolute Gasteiger partial charge is 0.326 e. The first-order valence-corrected chi connectivity index (χ1v) is 8.64. The van der Waals surface area contributed by atoms with Crippen LogP contribution in [-0.2, 0) is 14.4 Å². The zero-order chi connectivity index (χ0) is 18.3. The zero-order valence-electron chi connectivity index (χ0n) is 14.3. The molecule has 3 N–H and O–H groups in total. The van der Waals surface area contributed by atoms with Gasteiger partial charge in [-0.1, -0.05) is 13.8 Å². The lowest BCUT2D eigenvalue weighted by Gasteiger charge is -2.19. The van der Waals surface area contributed by atoms with Crippen molar-refractivity contribution in [2.45, 2.75) is 50.3 Å². The Labute approximate surface area is 146 Å². The largest absolute Gasteiger partial charge is 0.480 e. The standard InChI is InChI=1S/C17H24N2O4S/c1-10(2)9-15(17(22)23)19-16(21)11(3)24-14-7-5-13(6-8-14)18-12(4)20/h5-8,10-11,15H,9H2,1-4H3,(H,18,20)(H,19,21)(H,22,23)/t11?,15-/m1/s1. The summed E-state index contributed by atoms with van der Waals surface area (Å²) in [7, 11) is 0. The summed E-state index contributed by atoms with van der Waals surface area (Å²) in [6, 6.07) is 6.26. The molecule has 0 spiro atoms. The Morgan fingerprint density at radius 3 is 2.17 bits per heavy atom. The number of amides is 2. The van der Waals surface area contributed by atoms with E-state index in [9.17, 15) is 19.5 Å². The molecule has 0 aliphatic carbocycles. The minimum absolute atomic E-state index is 0.145. The second-order valence-electron chi connectivity index (χ2n) is 5.99. The average molecular weight is 352 g/mol. The molecule has 2 atom stereocenters. The molecule has 1 aromatic carbocycles. The van der Waals surface area contributed by atoms with E-state index in [1.165, 1.54) is 18.7 Å². The number of benzene rings is 1. The molecule has 2 amide bonds. The molecule has 132 valence electrons. The monoisotopic (exact) mass is 352 g/mol. The quantitative estimate of drug-likeness (QED) is 0.625. The molecule has 1 aromatic rings. The molecule has 0 fully saturated rings. The number of carbonyl (C=O) groups excluding carboxylic acids is 2. The number of hydrogen-bond acceptors (Lipinski definition) is 4. The van der Waals surface area contributed by atoms with Gasteiger partial charge in [0.05, 0.1) is 5.25 Å². The van der Waals surface area contributed by atoms with Crippen molar-refractivity contribution < 1.29 is 19.5 Å². The minimum atomic E-state index is -1.02. The molecule has 0 heterocycles. The van der Waals surface area contributed by atoms with Gasteiger partial charge < -0.3 is 15.7 Å². The van der Waals surface area contributed by atoms with Gasteiger partial charge in [-0.15, -0.1) is 11.8 Å². The van der Waals surface area contributed by atoms with Gasteiger partial charge in [-0.3, -0.25) is 9.59 Å². The number of aliphatic carboxylic acids is 1. The Balaban J connectivity index is 2.62. The molecule has 0 saturated carbocycles. The van der Waals surface area contributed by atoms with Gasteiger partial charge in [-0.2, -0.15) is 0 Å². The predicted octanol–water partition coefficient (Wildman–Crippen LogP) is 2.74. The van der Waals surface area contributed by atoms with Crippen LogP contribution in [0.4, 0.5) is 5.69 Å². The highest BCUT2D eigenvalue weighted by Gasteiger charge is 2.24. The molecule has 0 aliphatic heterocycles. The van der Waals surface area contributed by atoms with Crippen LogP contribution in [0.3, 0.4) is 0 Å². The number of carboxylic acid groups (broad SMARTS) is 1. The van der Waals surface area contributed by atoms with Crippen LogP contribution in [0, 0.1) is 5.92 Å². The zero-order valence-corrected chi connectivity index (χ0v) is 15.1. The van der Waals surface area contributed by atoms with E-state index in [1.54, 1.807) is 19.1 Å². The van der Waals surface area contributed by atoms with Crippen molar-refractivity contribution in [2.24, 2.45) is 5.92 Å². The fourth-order valence-corrected chi connectivity index (χ4v) is 2.94. The third kappa shape index (κ3) is 7.04. The highest BCUT2D eigenvalue weighted by atomic mass is 32.2. The number of carbonyl (C=O) groups is 3. The van der Waals surface area contributed by atoms with Crippen LogP contribution in [0.2, 0.25) is 0 Å². The summed E-state index contributed by atoms with van der Waals surface area (Å²) in [5.41, 5.74) is 0.687. The molecule has 1 unspecified atom stereocenters. The van der Waals surface area contributed by atoms with Crippen LogP contribution in [-0.4, -0.2) is 34.2 Å². The van der Waals surface area contributed by atoms with E-state index in [0.29, 0.717) is 12.1 Å². The number of anilines is 1. The molecule has 1 rings (SSSR count). The molecule has 7 heteroatoms. The van der Waals surface area contributed by atoms with Crippen LogP contribution in [0.5, 0.6) is 0 Å². The van der Waals surface area contributed by atoms with Gasteiger partial charge >= 0.3 is 5.97 Å². The Kier molecular flexibility index (Phi) is 7.78. The minimum Gasteiger partial charge on any atom is -0.480 e. The van der Waals surface area contributed by atoms with Gasteiger partial charge in [0.1, 0.15) is 6.04 Å². The summed E-state index contributed by atoms with van der Waals surface area (Å²) in [4.78, 5) is 35.3. The Morgan fingerprint density at radius 1 is 1.12 bits per heavy atom. The predicted molar refractivity (Wildman–Crippen MR) is 95.1 cm³/mol. The van der Waals surface area contributed by atoms with Crippen molar-refractivity contribution in [2.75, 3.05) is 5.32 Å². The topological polar surface area (TPSA) is 95.5 Å². The molecule has 0 saturated heterocycles. The van der Waals surface area contributed by atoms with Crippen LogP contribution >= 0.6 is 11.8 Å².